The van der Waals surface area contributed by atoms with E-state index < -0.39 is 16.1 Å². The van der Waals surface area contributed by atoms with Crippen LogP contribution in [0.15, 0.2) is 83.5 Å². The largest absolute Gasteiger partial charge is 0.496 e. The molecule has 1 aliphatic rings. The molecule has 0 radical (unpaired) electrons. The molecule has 0 saturated heterocycles. The Bertz CT molecular complexity index is 1240. The summed E-state index contributed by atoms with van der Waals surface area (Å²) < 4.78 is 33.8. The fourth-order valence-electron chi connectivity index (χ4n) is 3.63. The van der Waals surface area contributed by atoms with Crippen LogP contribution in [-0.2, 0) is 14.9 Å². The molecule has 0 fully saturated rings. The molecule has 4 rings (SSSR count). The van der Waals surface area contributed by atoms with Gasteiger partial charge in [-0.1, -0.05) is 41.6 Å². The van der Waals surface area contributed by atoms with Crippen molar-refractivity contribution in [2.45, 2.75) is 17.4 Å². The molecule has 3 aromatic rings. The summed E-state index contributed by atoms with van der Waals surface area (Å²) in [6, 6.07) is 16.3. The second kappa shape index (κ2) is 8.87. The molecule has 0 amide bonds. The number of oxime groups is 1. The highest BCUT2D eigenvalue weighted by Crippen LogP contribution is 2.28. The zero-order chi connectivity index (χ0) is 21.8. The van der Waals surface area contributed by atoms with Gasteiger partial charge in [-0.2, -0.15) is 4.31 Å². The number of hydrogen-bond acceptors (Lipinski definition) is 6. The molecular weight excluding hydrogens is 414 g/mol. The summed E-state index contributed by atoms with van der Waals surface area (Å²) in [6.07, 6.45) is 3.20. The second-order valence-corrected chi connectivity index (χ2v) is 9.02. The molecule has 0 saturated carbocycles. The van der Waals surface area contributed by atoms with Gasteiger partial charge in [0.2, 0.25) is 10.0 Å². The highest BCUT2D eigenvalue weighted by Gasteiger charge is 2.32. The van der Waals surface area contributed by atoms with Gasteiger partial charge in [-0.05, 0) is 24.3 Å². The summed E-state index contributed by atoms with van der Waals surface area (Å²) in [5.41, 5.74) is 2.01. The van der Waals surface area contributed by atoms with Crippen LogP contribution in [0.3, 0.4) is 0 Å². The smallest absolute Gasteiger partial charge is 0.245 e. The number of fused-ring (bicyclic) bond motifs is 1. The Morgan fingerprint density at radius 2 is 2.00 bits per heavy atom. The zero-order valence-electron chi connectivity index (χ0n) is 17.1. The third-order valence-electron chi connectivity index (χ3n) is 5.10. The summed E-state index contributed by atoms with van der Waals surface area (Å²) in [6.45, 7) is 4.01. The molecule has 2 heterocycles. The summed E-state index contributed by atoms with van der Waals surface area (Å²) in [7, 11) is -2.23. The van der Waals surface area contributed by atoms with Gasteiger partial charge in [-0.3, -0.25) is 4.98 Å². The molecule has 0 bridgehead atoms. The quantitative estimate of drug-likeness (QED) is 0.503. The van der Waals surface area contributed by atoms with Crippen molar-refractivity contribution in [1.82, 2.24) is 9.29 Å². The van der Waals surface area contributed by atoms with E-state index in [1.807, 2.05) is 36.4 Å². The number of pyridine rings is 1. The molecular formula is C23H23N3O4S. The number of nitrogens with zero attached hydrogens (tertiary/aromatic N) is 3. The topological polar surface area (TPSA) is 81.1 Å². The van der Waals surface area contributed by atoms with Crippen molar-refractivity contribution in [3.05, 3.63) is 79.0 Å². The Morgan fingerprint density at radius 1 is 1.19 bits per heavy atom. The van der Waals surface area contributed by atoms with Gasteiger partial charge in [-0.15, -0.1) is 6.58 Å². The van der Waals surface area contributed by atoms with Gasteiger partial charge in [-0.25, -0.2) is 8.42 Å². The predicted octanol–water partition coefficient (Wildman–Crippen LogP) is 3.61. The van der Waals surface area contributed by atoms with Crippen molar-refractivity contribution in [3.8, 4) is 5.75 Å². The van der Waals surface area contributed by atoms with Crippen molar-refractivity contribution in [2.24, 2.45) is 5.16 Å². The lowest BCUT2D eigenvalue weighted by molar-refractivity contribution is 0.0721. The van der Waals surface area contributed by atoms with E-state index >= 15 is 0 Å². The molecule has 0 spiro atoms. The Kier molecular flexibility index (Phi) is 6.01. The SMILES string of the molecule is C=CCN(CC1CC(c2ccccc2OC)=NO1)S(=O)(=O)c1cccc2cccnc12. The van der Waals surface area contributed by atoms with E-state index in [4.69, 9.17) is 9.57 Å². The van der Waals surface area contributed by atoms with Crippen molar-refractivity contribution in [3.63, 3.8) is 0 Å². The first-order valence-corrected chi connectivity index (χ1v) is 11.3. The van der Waals surface area contributed by atoms with E-state index in [2.05, 4.69) is 16.7 Å². The fourth-order valence-corrected chi connectivity index (χ4v) is 5.24. The Labute approximate surface area is 181 Å². The number of aromatic nitrogens is 1. The summed E-state index contributed by atoms with van der Waals surface area (Å²) in [4.78, 5) is 10.0. The van der Waals surface area contributed by atoms with E-state index in [0.29, 0.717) is 17.7 Å². The van der Waals surface area contributed by atoms with Crippen molar-refractivity contribution >= 4 is 26.6 Å². The Hall–Kier alpha value is -3.23. The third-order valence-corrected chi connectivity index (χ3v) is 6.97. The maximum atomic E-state index is 13.5. The lowest BCUT2D eigenvalue weighted by atomic mass is 10.0. The molecule has 7 nitrogen and oxygen atoms in total. The van der Waals surface area contributed by atoms with Crippen LogP contribution in [-0.4, -0.2) is 49.7 Å². The number of para-hydroxylation sites is 2. The minimum absolute atomic E-state index is 0.139. The third kappa shape index (κ3) is 4.17. The minimum atomic E-state index is -3.83. The van der Waals surface area contributed by atoms with E-state index in [9.17, 15) is 8.42 Å². The lowest BCUT2D eigenvalue weighted by Crippen LogP contribution is -2.38. The normalized spacial score (nSPS) is 16.2. The fraction of sp³-hybridized carbons (Fsp3) is 0.217. The van der Waals surface area contributed by atoms with E-state index in [0.717, 1.165) is 16.7 Å². The zero-order valence-corrected chi connectivity index (χ0v) is 18.0. The molecule has 1 atom stereocenters. The van der Waals surface area contributed by atoms with Crippen molar-refractivity contribution in [1.29, 1.82) is 0 Å². The lowest BCUT2D eigenvalue weighted by Gasteiger charge is -2.23. The van der Waals surface area contributed by atoms with Gasteiger partial charge < -0.3 is 9.57 Å². The van der Waals surface area contributed by atoms with Crippen LogP contribution in [0, 0.1) is 0 Å². The number of rotatable bonds is 8. The number of sulfonamides is 1. The van der Waals surface area contributed by atoms with Gasteiger partial charge in [0.25, 0.3) is 0 Å². The summed E-state index contributed by atoms with van der Waals surface area (Å²) >= 11 is 0. The summed E-state index contributed by atoms with van der Waals surface area (Å²) in [5.74, 6) is 0.697. The average molecular weight is 438 g/mol. The van der Waals surface area contributed by atoms with Crippen LogP contribution < -0.4 is 4.74 Å². The summed E-state index contributed by atoms with van der Waals surface area (Å²) in [5, 5.41) is 4.96. The van der Waals surface area contributed by atoms with Crippen LogP contribution in [0.4, 0.5) is 0 Å². The first-order chi connectivity index (χ1) is 15.0. The van der Waals surface area contributed by atoms with Crippen LogP contribution >= 0.6 is 0 Å². The Balaban J connectivity index is 1.58. The number of methoxy groups -OCH3 is 1. The monoisotopic (exact) mass is 437 g/mol. The van der Waals surface area contributed by atoms with E-state index in [1.54, 1.807) is 37.6 Å². The molecule has 1 aliphatic heterocycles. The van der Waals surface area contributed by atoms with Crippen molar-refractivity contribution in [2.75, 3.05) is 20.2 Å². The molecule has 160 valence electrons. The van der Waals surface area contributed by atoms with Gasteiger partial charge in [0.05, 0.1) is 24.9 Å². The second-order valence-electron chi connectivity index (χ2n) is 7.11. The highest BCUT2D eigenvalue weighted by atomic mass is 32.2. The van der Waals surface area contributed by atoms with Crippen LogP contribution in [0.25, 0.3) is 10.9 Å². The Morgan fingerprint density at radius 3 is 2.81 bits per heavy atom. The maximum Gasteiger partial charge on any atom is 0.245 e. The standard InChI is InChI=1S/C23H23N3O4S/c1-3-14-26(31(27,28)22-12-6-8-17-9-7-13-24-23(17)22)16-18-15-20(25-30-18)19-10-4-5-11-21(19)29-2/h3-13,18H,1,14-16H2,2H3. The van der Waals surface area contributed by atoms with Gasteiger partial charge >= 0.3 is 0 Å². The van der Waals surface area contributed by atoms with Crippen LogP contribution in [0.1, 0.15) is 12.0 Å². The molecule has 0 aliphatic carbocycles. The molecule has 1 unspecified atom stereocenters. The molecule has 2 aromatic carbocycles. The number of ether oxygens (including phenoxy) is 1. The first-order valence-electron chi connectivity index (χ1n) is 9.85. The van der Waals surface area contributed by atoms with Crippen LogP contribution in [0.2, 0.25) is 0 Å². The van der Waals surface area contributed by atoms with Gasteiger partial charge in [0.15, 0.2) is 0 Å². The maximum absolute atomic E-state index is 13.5. The van der Waals surface area contributed by atoms with E-state index in [1.165, 1.54) is 4.31 Å². The molecule has 1 aromatic heterocycles. The minimum Gasteiger partial charge on any atom is -0.496 e. The van der Waals surface area contributed by atoms with E-state index in [-0.39, 0.29) is 18.0 Å². The first kappa shape index (κ1) is 21.0. The number of benzene rings is 2. The van der Waals surface area contributed by atoms with Gasteiger partial charge in [0.1, 0.15) is 16.7 Å². The van der Waals surface area contributed by atoms with Crippen LogP contribution in [0.5, 0.6) is 5.75 Å². The highest BCUT2D eigenvalue weighted by molar-refractivity contribution is 7.89. The van der Waals surface area contributed by atoms with Crippen molar-refractivity contribution < 1.29 is 18.0 Å². The average Bonchev–Trinajstić information content (AvgIpc) is 3.26. The molecule has 0 N–H and O–H groups in total. The molecule has 31 heavy (non-hydrogen) atoms. The predicted molar refractivity (Wildman–Crippen MR) is 120 cm³/mol. The van der Waals surface area contributed by atoms with Gasteiger partial charge in [0, 0.05) is 30.1 Å². The molecule has 8 heteroatoms. The number of hydrogen-bond donors (Lipinski definition) is 0.